The Kier molecular flexibility index (Phi) is 8.36. The quantitative estimate of drug-likeness (QED) is 0.225. The number of carbonyl (C=O) groups is 2. The van der Waals surface area contributed by atoms with Gasteiger partial charge in [-0.15, -0.1) is 0 Å². The summed E-state index contributed by atoms with van der Waals surface area (Å²) in [4.78, 5) is 26.5. The number of esters is 2. The van der Waals surface area contributed by atoms with Gasteiger partial charge in [0.15, 0.2) is 6.10 Å². The Labute approximate surface area is 239 Å². The maximum absolute atomic E-state index is 13.4. The topological polar surface area (TPSA) is 80.3 Å². The summed E-state index contributed by atoms with van der Waals surface area (Å²) in [5, 5.41) is 0. The van der Waals surface area contributed by atoms with Gasteiger partial charge in [-0.2, -0.15) is 0 Å². The van der Waals surface area contributed by atoms with E-state index in [1.807, 2.05) is 68.4 Å². The Morgan fingerprint density at radius 1 is 0.707 bits per heavy atom. The summed E-state index contributed by atoms with van der Waals surface area (Å²) in [6.07, 6.45) is -2.94. The molecule has 7 heteroatoms. The number of aryl methyl sites for hydroxylation is 2. The van der Waals surface area contributed by atoms with Gasteiger partial charge in [-0.3, -0.25) is 0 Å². The van der Waals surface area contributed by atoms with Gasteiger partial charge in [-0.1, -0.05) is 71.8 Å². The Morgan fingerprint density at radius 2 is 1.22 bits per heavy atom. The molecule has 1 aliphatic rings. The molecule has 1 heterocycles. The SMILES string of the molecule is Cc1ccc(OC[C@H]2O[C@H](OC(=O)c3ccccc3)[C@](C)(OC(=O)c3ccccc3)[C@@H]2Oc2ccc(C)cc2)cc1. The van der Waals surface area contributed by atoms with Gasteiger partial charge in [-0.25, -0.2) is 9.59 Å². The lowest BCUT2D eigenvalue weighted by Gasteiger charge is -2.34. The summed E-state index contributed by atoms with van der Waals surface area (Å²) >= 11 is 0. The van der Waals surface area contributed by atoms with Crippen LogP contribution in [0.25, 0.3) is 0 Å². The molecule has 1 saturated heterocycles. The van der Waals surface area contributed by atoms with E-state index < -0.39 is 36.0 Å². The zero-order valence-corrected chi connectivity index (χ0v) is 23.2. The van der Waals surface area contributed by atoms with Crippen molar-refractivity contribution in [2.45, 2.75) is 44.9 Å². The van der Waals surface area contributed by atoms with Crippen LogP contribution in [0.5, 0.6) is 11.5 Å². The van der Waals surface area contributed by atoms with Crippen molar-refractivity contribution in [1.29, 1.82) is 0 Å². The van der Waals surface area contributed by atoms with Gasteiger partial charge in [-0.05, 0) is 69.3 Å². The lowest BCUT2D eigenvalue weighted by molar-refractivity contribution is -0.173. The van der Waals surface area contributed by atoms with Crippen molar-refractivity contribution in [1.82, 2.24) is 0 Å². The molecule has 0 bridgehead atoms. The van der Waals surface area contributed by atoms with Gasteiger partial charge >= 0.3 is 11.9 Å². The van der Waals surface area contributed by atoms with Crippen LogP contribution in [-0.4, -0.2) is 42.6 Å². The summed E-state index contributed by atoms with van der Waals surface area (Å²) in [5.41, 5.74) is 1.30. The van der Waals surface area contributed by atoms with Crippen molar-refractivity contribution < 1.29 is 33.3 Å². The van der Waals surface area contributed by atoms with E-state index in [0.29, 0.717) is 22.6 Å². The fourth-order valence-electron chi connectivity index (χ4n) is 4.59. The van der Waals surface area contributed by atoms with Crippen LogP contribution in [-0.2, 0) is 14.2 Å². The maximum Gasteiger partial charge on any atom is 0.340 e. The molecule has 5 rings (SSSR count). The third-order valence-corrected chi connectivity index (χ3v) is 6.93. The molecule has 4 aromatic rings. The zero-order valence-electron chi connectivity index (χ0n) is 23.2. The summed E-state index contributed by atoms with van der Waals surface area (Å²) in [5.74, 6) is -0.0376. The normalized spacial score (nSPS) is 21.6. The summed E-state index contributed by atoms with van der Waals surface area (Å²) in [7, 11) is 0. The van der Waals surface area contributed by atoms with Crippen LogP contribution in [0.1, 0.15) is 38.8 Å². The number of benzene rings is 4. The van der Waals surface area contributed by atoms with Crippen molar-refractivity contribution in [2.24, 2.45) is 0 Å². The van der Waals surface area contributed by atoms with Crippen LogP contribution in [0.15, 0.2) is 109 Å². The summed E-state index contributed by atoms with van der Waals surface area (Å²) in [6.45, 7) is 5.68. The van der Waals surface area contributed by atoms with E-state index in [4.69, 9.17) is 23.7 Å². The fourth-order valence-corrected chi connectivity index (χ4v) is 4.59. The van der Waals surface area contributed by atoms with Crippen molar-refractivity contribution in [3.63, 3.8) is 0 Å². The molecule has 4 aromatic carbocycles. The molecule has 0 aromatic heterocycles. The van der Waals surface area contributed by atoms with Gasteiger partial charge in [0.1, 0.15) is 24.2 Å². The second kappa shape index (κ2) is 12.3. The zero-order chi connectivity index (χ0) is 28.8. The maximum atomic E-state index is 13.4. The van der Waals surface area contributed by atoms with Crippen LogP contribution < -0.4 is 9.47 Å². The lowest BCUT2D eigenvalue weighted by atomic mass is 9.96. The van der Waals surface area contributed by atoms with E-state index in [1.54, 1.807) is 61.5 Å². The van der Waals surface area contributed by atoms with E-state index in [2.05, 4.69) is 0 Å². The predicted molar refractivity (Wildman–Crippen MR) is 153 cm³/mol. The minimum absolute atomic E-state index is 0.0530. The number of rotatable bonds is 9. The van der Waals surface area contributed by atoms with Crippen LogP contribution in [0, 0.1) is 13.8 Å². The molecule has 4 atom stereocenters. The highest BCUT2D eigenvalue weighted by Crippen LogP contribution is 2.39. The average Bonchev–Trinajstić information content (AvgIpc) is 3.24. The highest BCUT2D eigenvalue weighted by molar-refractivity contribution is 5.90. The van der Waals surface area contributed by atoms with Crippen molar-refractivity contribution in [3.05, 3.63) is 131 Å². The first-order valence-corrected chi connectivity index (χ1v) is 13.4. The second-order valence-corrected chi connectivity index (χ2v) is 10.2. The molecule has 0 aliphatic carbocycles. The van der Waals surface area contributed by atoms with Crippen molar-refractivity contribution >= 4 is 11.9 Å². The second-order valence-electron chi connectivity index (χ2n) is 10.2. The Hall–Kier alpha value is -4.62. The molecule has 0 unspecified atom stereocenters. The molecule has 0 amide bonds. The van der Waals surface area contributed by atoms with E-state index in [-0.39, 0.29) is 6.61 Å². The summed E-state index contributed by atoms with van der Waals surface area (Å²) in [6, 6.07) is 32.3. The smallest absolute Gasteiger partial charge is 0.340 e. The molecule has 0 N–H and O–H groups in total. The third kappa shape index (κ3) is 6.58. The van der Waals surface area contributed by atoms with Crippen LogP contribution in [0.2, 0.25) is 0 Å². The predicted octanol–water partition coefficient (Wildman–Crippen LogP) is 6.33. The third-order valence-electron chi connectivity index (χ3n) is 6.93. The minimum Gasteiger partial charge on any atom is -0.491 e. The largest absolute Gasteiger partial charge is 0.491 e. The van der Waals surface area contributed by atoms with E-state index in [9.17, 15) is 9.59 Å². The Bertz CT molecular complexity index is 1450. The van der Waals surface area contributed by atoms with E-state index >= 15 is 0 Å². The minimum atomic E-state index is -1.54. The standard InChI is InChI=1S/C34H32O7/c1-23-14-18-27(19-15-23)37-22-29-30(38-28-20-16-24(2)17-21-28)34(3,41-32(36)26-12-8-5-9-13-26)33(39-29)40-31(35)25-10-6-4-7-11-25/h4-21,29-30,33H,22H2,1-3H3/t29-,30-,33-,34-/m1/s1. The Morgan fingerprint density at radius 3 is 1.78 bits per heavy atom. The molecule has 210 valence electrons. The molecule has 0 radical (unpaired) electrons. The first-order chi connectivity index (χ1) is 19.8. The molecular weight excluding hydrogens is 520 g/mol. The number of carbonyl (C=O) groups excluding carboxylic acids is 2. The molecular formula is C34H32O7. The molecule has 0 saturated carbocycles. The fraction of sp³-hybridized carbons (Fsp3) is 0.235. The highest BCUT2D eigenvalue weighted by atomic mass is 16.8. The average molecular weight is 553 g/mol. The molecule has 41 heavy (non-hydrogen) atoms. The van der Waals surface area contributed by atoms with Crippen LogP contribution >= 0.6 is 0 Å². The number of hydrogen-bond donors (Lipinski definition) is 0. The summed E-state index contributed by atoms with van der Waals surface area (Å²) < 4.78 is 30.8. The lowest BCUT2D eigenvalue weighted by Crippen LogP contribution is -2.53. The highest BCUT2D eigenvalue weighted by Gasteiger charge is 2.61. The molecule has 1 fully saturated rings. The van der Waals surface area contributed by atoms with Gasteiger partial charge in [0.2, 0.25) is 11.9 Å². The van der Waals surface area contributed by atoms with Gasteiger partial charge in [0.05, 0.1) is 11.1 Å². The van der Waals surface area contributed by atoms with Gasteiger partial charge < -0.3 is 23.7 Å². The van der Waals surface area contributed by atoms with Crippen molar-refractivity contribution in [2.75, 3.05) is 6.61 Å². The molecule has 0 spiro atoms. The van der Waals surface area contributed by atoms with Gasteiger partial charge in [0.25, 0.3) is 0 Å². The molecule has 1 aliphatic heterocycles. The number of ether oxygens (including phenoxy) is 5. The first kappa shape index (κ1) is 27.9. The number of hydrogen-bond acceptors (Lipinski definition) is 7. The van der Waals surface area contributed by atoms with Crippen LogP contribution in [0.3, 0.4) is 0 Å². The van der Waals surface area contributed by atoms with Crippen LogP contribution in [0.4, 0.5) is 0 Å². The van der Waals surface area contributed by atoms with E-state index in [0.717, 1.165) is 11.1 Å². The van der Waals surface area contributed by atoms with E-state index in [1.165, 1.54) is 0 Å². The van der Waals surface area contributed by atoms with Crippen molar-refractivity contribution in [3.8, 4) is 11.5 Å². The monoisotopic (exact) mass is 552 g/mol. The first-order valence-electron chi connectivity index (χ1n) is 13.4. The van der Waals surface area contributed by atoms with Gasteiger partial charge in [0, 0.05) is 0 Å². The molecule has 7 nitrogen and oxygen atoms in total. The Balaban J connectivity index is 1.48.